The van der Waals surface area contributed by atoms with Gasteiger partial charge in [-0.25, -0.2) is 0 Å². The zero-order valence-electron chi connectivity index (χ0n) is 11.5. The van der Waals surface area contributed by atoms with Gasteiger partial charge in [0.15, 0.2) is 5.75 Å². The van der Waals surface area contributed by atoms with E-state index in [2.05, 4.69) is 19.1 Å². The van der Waals surface area contributed by atoms with E-state index < -0.39 is 0 Å². The van der Waals surface area contributed by atoms with Crippen LogP contribution in [-0.2, 0) is 4.89 Å². The second-order valence-electron chi connectivity index (χ2n) is 4.85. The van der Waals surface area contributed by atoms with Crippen LogP contribution in [0.2, 0.25) is 0 Å². The van der Waals surface area contributed by atoms with Gasteiger partial charge in [0.2, 0.25) is 0 Å². The molecule has 0 saturated carbocycles. The molecule has 0 spiro atoms. The van der Waals surface area contributed by atoms with Gasteiger partial charge in [-0.1, -0.05) is 43.3 Å². The van der Waals surface area contributed by atoms with E-state index >= 15 is 0 Å². The maximum absolute atomic E-state index is 5.87. The summed E-state index contributed by atoms with van der Waals surface area (Å²) in [5, 5.41) is 0. The topological polar surface area (TPSA) is 27.7 Å². The van der Waals surface area contributed by atoms with Crippen LogP contribution in [0.15, 0.2) is 48.5 Å². The molecule has 20 heavy (non-hydrogen) atoms. The van der Waals surface area contributed by atoms with Crippen LogP contribution in [0.25, 0.3) is 0 Å². The largest absolute Gasteiger partial charge is 0.493 e. The van der Waals surface area contributed by atoms with Gasteiger partial charge in [-0.3, -0.25) is 0 Å². The second kappa shape index (κ2) is 5.97. The SMILES string of the molecule is CCCOc1cccc2c1C(c1ccccc1)COO2. The highest BCUT2D eigenvalue weighted by molar-refractivity contribution is 5.51. The van der Waals surface area contributed by atoms with Crippen LogP contribution in [-0.4, -0.2) is 13.2 Å². The number of hydrogen-bond acceptors (Lipinski definition) is 3. The Morgan fingerprint density at radius 1 is 1.10 bits per heavy atom. The smallest absolute Gasteiger partial charge is 0.173 e. The molecule has 104 valence electrons. The van der Waals surface area contributed by atoms with Crippen LogP contribution in [0.1, 0.15) is 30.4 Å². The summed E-state index contributed by atoms with van der Waals surface area (Å²) in [6.45, 7) is 3.31. The summed E-state index contributed by atoms with van der Waals surface area (Å²) < 4.78 is 5.87. The summed E-state index contributed by atoms with van der Waals surface area (Å²) in [6.07, 6.45) is 0.983. The normalized spacial score (nSPS) is 17.1. The Morgan fingerprint density at radius 3 is 2.75 bits per heavy atom. The van der Waals surface area contributed by atoms with Crippen molar-refractivity contribution in [3.05, 3.63) is 59.7 Å². The molecule has 1 aliphatic rings. The predicted octanol–water partition coefficient (Wildman–Crippen LogP) is 3.93. The minimum Gasteiger partial charge on any atom is -0.493 e. The molecular formula is C17H18O3. The molecule has 1 unspecified atom stereocenters. The summed E-state index contributed by atoms with van der Waals surface area (Å²) in [6, 6.07) is 16.2. The molecule has 0 aromatic heterocycles. The van der Waals surface area contributed by atoms with E-state index in [1.807, 2.05) is 36.4 Å². The zero-order chi connectivity index (χ0) is 13.8. The number of hydrogen-bond donors (Lipinski definition) is 0. The molecule has 1 atom stereocenters. The number of rotatable bonds is 4. The lowest BCUT2D eigenvalue weighted by molar-refractivity contribution is -0.219. The van der Waals surface area contributed by atoms with Crippen LogP contribution in [0.5, 0.6) is 11.5 Å². The van der Waals surface area contributed by atoms with Crippen molar-refractivity contribution in [2.45, 2.75) is 19.3 Å². The highest BCUT2D eigenvalue weighted by Crippen LogP contribution is 2.41. The number of benzene rings is 2. The van der Waals surface area contributed by atoms with Crippen molar-refractivity contribution >= 4 is 0 Å². The van der Waals surface area contributed by atoms with Gasteiger partial charge < -0.3 is 9.62 Å². The van der Waals surface area contributed by atoms with Crippen LogP contribution in [0.4, 0.5) is 0 Å². The van der Waals surface area contributed by atoms with Crippen LogP contribution >= 0.6 is 0 Å². The van der Waals surface area contributed by atoms with Gasteiger partial charge in [-0.15, -0.1) is 0 Å². The molecule has 0 saturated heterocycles. The van der Waals surface area contributed by atoms with Crippen LogP contribution < -0.4 is 9.62 Å². The highest BCUT2D eigenvalue weighted by atomic mass is 17.2. The molecule has 2 aromatic carbocycles. The first-order valence-corrected chi connectivity index (χ1v) is 7.00. The van der Waals surface area contributed by atoms with E-state index in [-0.39, 0.29) is 5.92 Å². The fourth-order valence-electron chi connectivity index (χ4n) is 2.47. The predicted molar refractivity (Wildman–Crippen MR) is 77.1 cm³/mol. The van der Waals surface area contributed by atoms with Crippen LogP contribution in [0, 0.1) is 0 Å². The Labute approximate surface area is 119 Å². The van der Waals surface area contributed by atoms with Gasteiger partial charge in [0.1, 0.15) is 12.4 Å². The zero-order valence-corrected chi connectivity index (χ0v) is 11.5. The lowest BCUT2D eigenvalue weighted by Crippen LogP contribution is -2.19. The van der Waals surface area contributed by atoms with Crippen molar-refractivity contribution in [1.29, 1.82) is 0 Å². The van der Waals surface area contributed by atoms with Gasteiger partial charge >= 0.3 is 0 Å². The van der Waals surface area contributed by atoms with Crippen molar-refractivity contribution in [2.75, 3.05) is 13.2 Å². The molecule has 3 rings (SSSR count). The fraction of sp³-hybridized carbons (Fsp3) is 0.294. The molecule has 0 N–H and O–H groups in total. The van der Waals surface area contributed by atoms with E-state index in [0.29, 0.717) is 13.2 Å². The Bertz CT molecular complexity index is 566. The van der Waals surface area contributed by atoms with Crippen molar-refractivity contribution < 1.29 is 14.5 Å². The average molecular weight is 270 g/mol. The first-order chi connectivity index (χ1) is 9.90. The lowest BCUT2D eigenvalue weighted by atomic mass is 9.90. The average Bonchev–Trinajstić information content (AvgIpc) is 2.53. The summed E-state index contributed by atoms with van der Waals surface area (Å²) >= 11 is 0. The quantitative estimate of drug-likeness (QED) is 0.788. The Hall–Kier alpha value is -2.00. The third kappa shape index (κ3) is 2.49. The Balaban J connectivity index is 2.02. The third-order valence-electron chi connectivity index (χ3n) is 3.42. The van der Waals surface area contributed by atoms with E-state index in [1.54, 1.807) is 0 Å². The maximum atomic E-state index is 5.87. The van der Waals surface area contributed by atoms with E-state index in [9.17, 15) is 0 Å². The molecule has 0 aliphatic carbocycles. The molecule has 1 heterocycles. The van der Waals surface area contributed by atoms with Crippen molar-refractivity contribution in [3.8, 4) is 11.5 Å². The lowest BCUT2D eigenvalue weighted by Gasteiger charge is -2.26. The maximum Gasteiger partial charge on any atom is 0.173 e. The number of ether oxygens (including phenoxy) is 1. The summed E-state index contributed by atoms with van der Waals surface area (Å²) in [4.78, 5) is 10.6. The molecule has 0 bridgehead atoms. The van der Waals surface area contributed by atoms with Crippen LogP contribution in [0.3, 0.4) is 0 Å². The number of fused-ring (bicyclic) bond motifs is 1. The van der Waals surface area contributed by atoms with E-state index in [0.717, 1.165) is 23.5 Å². The monoisotopic (exact) mass is 270 g/mol. The van der Waals surface area contributed by atoms with Gasteiger partial charge in [0, 0.05) is 5.92 Å². The van der Waals surface area contributed by atoms with Gasteiger partial charge in [-0.05, 0) is 24.1 Å². The molecule has 0 amide bonds. The molecule has 3 nitrogen and oxygen atoms in total. The molecule has 3 heteroatoms. The Kier molecular flexibility index (Phi) is 3.88. The third-order valence-corrected chi connectivity index (χ3v) is 3.42. The molecule has 0 radical (unpaired) electrons. The summed E-state index contributed by atoms with van der Waals surface area (Å²) in [5.74, 6) is 1.79. The molecule has 0 fully saturated rings. The van der Waals surface area contributed by atoms with Gasteiger partial charge in [0.25, 0.3) is 0 Å². The Morgan fingerprint density at radius 2 is 1.95 bits per heavy atom. The standard InChI is InChI=1S/C17H18O3/c1-2-11-18-15-9-6-10-16-17(15)14(12-19-20-16)13-7-4-3-5-8-13/h3-10,14H,2,11-12H2,1H3. The van der Waals surface area contributed by atoms with Gasteiger partial charge in [0.05, 0.1) is 12.2 Å². The van der Waals surface area contributed by atoms with Crippen molar-refractivity contribution in [2.24, 2.45) is 0 Å². The minimum atomic E-state index is 0.146. The second-order valence-corrected chi connectivity index (χ2v) is 4.85. The van der Waals surface area contributed by atoms with E-state index in [4.69, 9.17) is 14.5 Å². The van der Waals surface area contributed by atoms with Gasteiger partial charge in [-0.2, -0.15) is 4.89 Å². The molecular weight excluding hydrogens is 252 g/mol. The van der Waals surface area contributed by atoms with E-state index in [1.165, 1.54) is 5.56 Å². The fourth-order valence-corrected chi connectivity index (χ4v) is 2.47. The summed E-state index contributed by atoms with van der Waals surface area (Å²) in [7, 11) is 0. The van der Waals surface area contributed by atoms with Crippen molar-refractivity contribution in [3.63, 3.8) is 0 Å². The minimum absolute atomic E-state index is 0.146. The highest BCUT2D eigenvalue weighted by Gasteiger charge is 2.28. The molecule has 2 aromatic rings. The molecule has 1 aliphatic heterocycles. The summed E-state index contributed by atoms with van der Waals surface area (Å²) in [5.41, 5.74) is 2.29. The van der Waals surface area contributed by atoms with Crippen molar-refractivity contribution in [1.82, 2.24) is 0 Å². The first kappa shape index (κ1) is 13.0. The first-order valence-electron chi connectivity index (χ1n) is 7.00.